The zero-order valence-electron chi connectivity index (χ0n) is 17.7. The Kier molecular flexibility index (Phi) is 6.11. The quantitative estimate of drug-likeness (QED) is 0.643. The van der Waals surface area contributed by atoms with Crippen molar-refractivity contribution in [3.63, 3.8) is 0 Å². The van der Waals surface area contributed by atoms with Crippen LogP contribution in [0.1, 0.15) is 56.9 Å². The number of nitrogens with one attached hydrogen (secondary N) is 2. The summed E-state index contributed by atoms with van der Waals surface area (Å²) in [5.74, 6) is 1.45. The number of hydrogen-bond donors (Lipinski definition) is 2. The first kappa shape index (κ1) is 20.9. The van der Waals surface area contributed by atoms with Crippen molar-refractivity contribution < 1.29 is 19.1 Å². The van der Waals surface area contributed by atoms with Gasteiger partial charge in [0.05, 0.1) is 7.11 Å². The predicted molar refractivity (Wildman–Crippen MR) is 112 cm³/mol. The maximum Gasteiger partial charge on any atom is 0.328 e. The van der Waals surface area contributed by atoms with Crippen LogP contribution in [0.15, 0.2) is 30.3 Å². The maximum absolute atomic E-state index is 12.6. The van der Waals surface area contributed by atoms with E-state index >= 15 is 0 Å². The summed E-state index contributed by atoms with van der Waals surface area (Å²) in [4.78, 5) is 37.1. The van der Waals surface area contributed by atoms with E-state index < -0.39 is 12.0 Å². The molecule has 0 radical (unpaired) electrons. The molecule has 162 valence electrons. The van der Waals surface area contributed by atoms with Crippen molar-refractivity contribution >= 4 is 17.8 Å². The first-order valence-electron chi connectivity index (χ1n) is 11.2. The van der Waals surface area contributed by atoms with E-state index in [4.69, 9.17) is 4.74 Å². The van der Waals surface area contributed by atoms with Gasteiger partial charge in [-0.15, -0.1) is 0 Å². The first-order chi connectivity index (χ1) is 14.4. The number of ether oxygens (including phenoxy) is 1. The molecule has 0 aliphatic heterocycles. The number of benzene rings is 1. The third kappa shape index (κ3) is 4.85. The molecule has 0 spiro atoms. The van der Waals surface area contributed by atoms with Crippen LogP contribution in [0.5, 0.6) is 0 Å². The highest BCUT2D eigenvalue weighted by Crippen LogP contribution is 2.55. The molecule has 5 rings (SSSR count). The summed E-state index contributed by atoms with van der Waals surface area (Å²) < 4.78 is 4.84. The maximum atomic E-state index is 12.6. The molecule has 0 heterocycles. The second-order valence-corrected chi connectivity index (χ2v) is 9.58. The molecular formula is C24H32N2O4. The lowest BCUT2D eigenvalue weighted by Crippen LogP contribution is -2.59. The summed E-state index contributed by atoms with van der Waals surface area (Å²) in [5, 5.41) is 6.03. The van der Waals surface area contributed by atoms with E-state index in [-0.39, 0.29) is 30.2 Å². The smallest absolute Gasteiger partial charge is 0.328 e. The SMILES string of the molecule is COC(=O)[C@@H](Cc1ccccc1)NC(=O)CCC(=O)NC12CC3CC(CC(C3)C1)C2. The Bertz CT molecular complexity index is 756. The van der Waals surface area contributed by atoms with E-state index in [0.717, 1.165) is 42.6 Å². The number of hydrogen-bond acceptors (Lipinski definition) is 4. The highest BCUT2D eigenvalue weighted by Gasteiger charge is 2.51. The number of rotatable bonds is 8. The molecule has 30 heavy (non-hydrogen) atoms. The summed E-state index contributed by atoms with van der Waals surface area (Å²) in [6, 6.07) is 8.73. The molecule has 2 N–H and O–H groups in total. The van der Waals surface area contributed by atoms with Crippen LogP contribution in [-0.4, -0.2) is 36.5 Å². The second-order valence-electron chi connectivity index (χ2n) is 9.58. The van der Waals surface area contributed by atoms with Gasteiger partial charge in [0.15, 0.2) is 0 Å². The number of carbonyl (C=O) groups is 3. The normalized spacial score (nSPS) is 29.8. The minimum Gasteiger partial charge on any atom is -0.467 e. The van der Waals surface area contributed by atoms with Crippen LogP contribution in [0.25, 0.3) is 0 Å². The van der Waals surface area contributed by atoms with Crippen LogP contribution in [0.2, 0.25) is 0 Å². The highest BCUT2D eigenvalue weighted by atomic mass is 16.5. The van der Waals surface area contributed by atoms with Gasteiger partial charge in [-0.3, -0.25) is 9.59 Å². The molecule has 4 aliphatic rings. The van der Waals surface area contributed by atoms with E-state index in [1.165, 1.54) is 26.4 Å². The summed E-state index contributed by atoms with van der Waals surface area (Å²) in [6.45, 7) is 0. The van der Waals surface area contributed by atoms with Crippen molar-refractivity contribution in [3.05, 3.63) is 35.9 Å². The van der Waals surface area contributed by atoms with Crippen LogP contribution < -0.4 is 10.6 Å². The van der Waals surface area contributed by atoms with Gasteiger partial charge >= 0.3 is 5.97 Å². The highest BCUT2D eigenvalue weighted by molar-refractivity contribution is 5.87. The molecule has 6 nitrogen and oxygen atoms in total. The first-order valence-corrected chi connectivity index (χ1v) is 11.2. The molecular weight excluding hydrogens is 380 g/mol. The van der Waals surface area contributed by atoms with Gasteiger partial charge < -0.3 is 15.4 Å². The Labute approximate surface area is 178 Å². The summed E-state index contributed by atoms with van der Waals surface area (Å²) in [5.41, 5.74) is 0.900. The molecule has 0 aromatic heterocycles. The number of esters is 1. The van der Waals surface area contributed by atoms with Gasteiger partial charge in [0.25, 0.3) is 0 Å². The Morgan fingerprint density at radius 3 is 2.10 bits per heavy atom. The topological polar surface area (TPSA) is 84.5 Å². The van der Waals surface area contributed by atoms with E-state index in [9.17, 15) is 14.4 Å². The monoisotopic (exact) mass is 412 g/mol. The Balaban J connectivity index is 1.27. The van der Waals surface area contributed by atoms with Crippen LogP contribution in [0.3, 0.4) is 0 Å². The molecule has 1 aromatic rings. The zero-order chi connectivity index (χ0) is 21.1. The van der Waals surface area contributed by atoms with Gasteiger partial charge in [0.2, 0.25) is 11.8 Å². The molecule has 4 fully saturated rings. The van der Waals surface area contributed by atoms with Crippen molar-refractivity contribution in [1.82, 2.24) is 10.6 Å². The molecule has 2 amide bonds. The summed E-state index contributed by atoms with van der Waals surface area (Å²) in [7, 11) is 1.31. The third-order valence-corrected chi connectivity index (χ3v) is 7.13. The lowest BCUT2D eigenvalue weighted by Gasteiger charge is -2.56. The summed E-state index contributed by atoms with van der Waals surface area (Å²) >= 11 is 0. The zero-order valence-corrected chi connectivity index (χ0v) is 17.7. The van der Waals surface area contributed by atoms with Crippen molar-refractivity contribution in [1.29, 1.82) is 0 Å². The number of amides is 2. The Hall–Kier alpha value is -2.37. The molecule has 4 bridgehead atoms. The molecule has 4 saturated carbocycles. The van der Waals surface area contributed by atoms with Crippen molar-refractivity contribution in [3.8, 4) is 0 Å². The molecule has 0 saturated heterocycles. The van der Waals surface area contributed by atoms with Gasteiger partial charge in [-0.25, -0.2) is 4.79 Å². The van der Waals surface area contributed by atoms with E-state index in [1.54, 1.807) is 0 Å². The Morgan fingerprint density at radius 2 is 1.53 bits per heavy atom. The molecule has 6 heteroatoms. The van der Waals surface area contributed by atoms with Gasteiger partial charge in [-0.2, -0.15) is 0 Å². The summed E-state index contributed by atoms with van der Waals surface area (Å²) in [6.07, 6.45) is 7.84. The fraction of sp³-hybridized carbons (Fsp3) is 0.625. The van der Waals surface area contributed by atoms with Crippen LogP contribution >= 0.6 is 0 Å². The van der Waals surface area contributed by atoms with Crippen molar-refractivity contribution in [2.24, 2.45) is 17.8 Å². The average Bonchev–Trinajstić information content (AvgIpc) is 2.70. The van der Waals surface area contributed by atoms with Crippen LogP contribution in [0, 0.1) is 17.8 Å². The van der Waals surface area contributed by atoms with Gasteiger partial charge in [-0.1, -0.05) is 30.3 Å². The minimum atomic E-state index is -0.754. The fourth-order valence-electron chi connectivity index (χ4n) is 6.30. The standard InChI is InChI=1S/C24H32N2O4/c1-30-23(29)20(12-16-5-3-2-4-6-16)25-21(27)7-8-22(28)26-24-13-17-9-18(14-24)11-19(10-17)15-24/h2-6,17-20H,7-15H2,1H3,(H,25,27)(H,26,28)/t17?,18?,19?,20-,24?/m1/s1. The third-order valence-electron chi connectivity index (χ3n) is 7.13. The lowest BCUT2D eigenvalue weighted by molar-refractivity contribution is -0.145. The minimum absolute atomic E-state index is 0.0375. The second kappa shape index (κ2) is 8.78. The van der Waals surface area contributed by atoms with E-state index in [0.29, 0.717) is 6.42 Å². The Morgan fingerprint density at radius 1 is 0.967 bits per heavy atom. The molecule has 4 aliphatic carbocycles. The lowest BCUT2D eigenvalue weighted by atomic mass is 9.53. The number of carbonyl (C=O) groups excluding carboxylic acids is 3. The fourth-order valence-corrected chi connectivity index (χ4v) is 6.30. The van der Waals surface area contributed by atoms with Gasteiger partial charge in [0.1, 0.15) is 6.04 Å². The van der Waals surface area contributed by atoms with Gasteiger partial charge in [-0.05, 0) is 61.8 Å². The van der Waals surface area contributed by atoms with E-state index in [2.05, 4.69) is 10.6 Å². The molecule has 1 aromatic carbocycles. The largest absolute Gasteiger partial charge is 0.467 e. The van der Waals surface area contributed by atoms with Crippen LogP contribution in [-0.2, 0) is 25.5 Å². The average molecular weight is 413 g/mol. The van der Waals surface area contributed by atoms with Crippen LogP contribution in [0.4, 0.5) is 0 Å². The van der Waals surface area contributed by atoms with E-state index in [1.807, 2.05) is 30.3 Å². The molecule has 1 atom stereocenters. The molecule has 0 unspecified atom stereocenters. The van der Waals surface area contributed by atoms with Crippen molar-refractivity contribution in [2.75, 3.05) is 7.11 Å². The number of methoxy groups -OCH3 is 1. The van der Waals surface area contributed by atoms with Gasteiger partial charge in [0, 0.05) is 24.8 Å². The predicted octanol–water partition coefficient (Wildman–Crippen LogP) is 2.75. The van der Waals surface area contributed by atoms with Crippen molar-refractivity contribution in [2.45, 2.75) is 69.4 Å².